The molecule has 0 amide bonds. The minimum absolute atomic E-state index is 0.289. The Bertz CT molecular complexity index is 740. The number of rotatable bonds is 3. The molecule has 0 fully saturated rings. The van der Waals surface area contributed by atoms with Gasteiger partial charge >= 0.3 is 0 Å². The van der Waals surface area contributed by atoms with E-state index in [-0.39, 0.29) is 11.7 Å². The third kappa shape index (κ3) is 3.01. The first kappa shape index (κ1) is 13.9. The molecule has 0 aliphatic carbocycles. The molecule has 6 heteroatoms. The van der Waals surface area contributed by atoms with E-state index < -0.39 is 6.04 Å². The standard InChI is InChI=1S/C15H11BrFN3O/c16-11-6-10(7-12(17)8-11)14-19-15(21-20-14)13(18)9-4-2-1-3-5-9/h1-8,13H,18H2. The summed E-state index contributed by atoms with van der Waals surface area (Å²) in [4.78, 5) is 4.25. The maximum absolute atomic E-state index is 13.4. The van der Waals surface area contributed by atoms with Gasteiger partial charge in [-0.2, -0.15) is 4.98 Å². The van der Waals surface area contributed by atoms with Crippen molar-refractivity contribution in [1.82, 2.24) is 10.1 Å². The Kier molecular flexibility index (Phi) is 3.81. The minimum atomic E-state index is -0.510. The molecule has 0 spiro atoms. The first-order valence-corrected chi connectivity index (χ1v) is 7.03. The van der Waals surface area contributed by atoms with Gasteiger partial charge in [-0.3, -0.25) is 0 Å². The van der Waals surface area contributed by atoms with Crippen molar-refractivity contribution in [2.24, 2.45) is 5.73 Å². The van der Waals surface area contributed by atoms with Crippen molar-refractivity contribution >= 4 is 15.9 Å². The monoisotopic (exact) mass is 347 g/mol. The third-order valence-electron chi connectivity index (χ3n) is 2.99. The Morgan fingerprint density at radius 1 is 1.14 bits per heavy atom. The number of hydrogen-bond donors (Lipinski definition) is 1. The maximum atomic E-state index is 13.4. The molecule has 2 aromatic carbocycles. The topological polar surface area (TPSA) is 64.9 Å². The molecule has 2 N–H and O–H groups in total. The van der Waals surface area contributed by atoms with Crippen LogP contribution in [0.1, 0.15) is 17.5 Å². The lowest BCUT2D eigenvalue weighted by atomic mass is 10.1. The van der Waals surface area contributed by atoms with Crippen molar-refractivity contribution in [3.63, 3.8) is 0 Å². The molecule has 1 aromatic heterocycles. The highest BCUT2D eigenvalue weighted by Crippen LogP contribution is 2.25. The Morgan fingerprint density at radius 3 is 2.62 bits per heavy atom. The van der Waals surface area contributed by atoms with Gasteiger partial charge < -0.3 is 10.3 Å². The summed E-state index contributed by atoms with van der Waals surface area (Å²) in [6, 6.07) is 13.3. The van der Waals surface area contributed by atoms with Gasteiger partial charge in [0.15, 0.2) is 0 Å². The van der Waals surface area contributed by atoms with Crippen LogP contribution in [0.2, 0.25) is 0 Å². The lowest BCUT2D eigenvalue weighted by Gasteiger charge is -2.05. The molecule has 21 heavy (non-hydrogen) atoms. The van der Waals surface area contributed by atoms with E-state index in [2.05, 4.69) is 26.1 Å². The Labute approximate surface area is 128 Å². The Hall–Kier alpha value is -2.05. The van der Waals surface area contributed by atoms with Gasteiger partial charge in [0.25, 0.3) is 0 Å². The van der Waals surface area contributed by atoms with Crippen molar-refractivity contribution in [1.29, 1.82) is 0 Å². The minimum Gasteiger partial charge on any atom is -0.337 e. The zero-order valence-corrected chi connectivity index (χ0v) is 12.4. The summed E-state index contributed by atoms with van der Waals surface area (Å²) < 4.78 is 19.2. The van der Waals surface area contributed by atoms with E-state index in [1.54, 1.807) is 6.07 Å². The average Bonchev–Trinajstić information content (AvgIpc) is 2.96. The quantitative estimate of drug-likeness (QED) is 0.784. The summed E-state index contributed by atoms with van der Waals surface area (Å²) in [7, 11) is 0. The molecule has 0 radical (unpaired) electrons. The second-order valence-corrected chi connectivity index (χ2v) is 5.42. The third-order valence-corrected chi connectivity index (χ3v) is 3.45. The molecule has 3 aromatic rings. The van der Waals surface area contributed by atoms with Gasteiger partial charge in [0.1, 0.15) is 11.9 Å². The summed E-state index contributed by atoms with van der Waals surface area (Å²) >= 11 is 3.23. The normalized spacial score (nSPS) is 12.3. The molecule has 0 aliphatic heterocycles. The van der Waals surface area contributed by atoms with Gasteiger partial charge in [0.2, 0.25) is 11.7 Å². The van der Waals surface area contributed by atoms with E-state index in [1.807, 2.05) is 30.3 Å². The van der Waals surface area contributed by atoms with Gasteiger partial charge in [-0.05, 0) is 23.8 Å². The van der Waals surface area contributed by atoms with E-state index in [4.69, 9.17) is 10.3 Å². The number of hydrogen-bond acceptors (Lipinski definition) is 4. The fourth-order valence-electron chi connectivity index (χ4n) is 1.96. The molecule has 0 saturated carbocycles. The van der Waals surface area contributed by atoms with Crippen LogP contribution in [0.4, 0.5) is 4.39 Å². The van der Waals surface area contributed by atoms with Gasteiger partial charge in [0, 0.05) is 10.0 Å². The van der Waals surface area contributed by atoms with Crippen LogP contribution < -0.4 is 5.73 Å². The highest BCUT2D eigenvalue weighted by atomic mass is 79.9. The Balaban J connectivity index is 1.93. The molecule has 1 heterocycles. The fourth-order valence-corrected chi connectivity index (χ4v) is 2.43. The summed E-state index contributed by atoms with van der Waals surface area (Å²) in [5.74, 6) is 0.214. The highest BCUT2D eigenvalue weighted by molar-refractivity contribution is 9.10. The van der Waals surface area contributed by atoms with Crippen molar-refractivity contribution in [3.8, 4) is 11.4 Å². The van der Waals surface area contributed by atoms with Gasteiger partial charge in [0.05, 0.1) is 0 Å². The summed E-state index contributed by atoms with van der Waals surface area (Å²) in [5, 5.41) is 3.86. The average molecular weight is 348 g/mol. The molecule has 106 valence electrons. The molecule has 3 rings (SSSR count). The zero-order valence-electron chi connectivity index (χ0n) is 10.8. The van der Waals surface area contributed by atoms with Crippen LogP contribution in [0.3, 0.4) is 0 Å². The summed E-state index contributed by atoms with van der Waals surface area (Å²) in [6.45, 7) is 0. The lowest BCUT2D eigenvalue weighted by molar-refractivity contribution is 0.367. The first-order chi connectivity index (χ1) is 10.1. The van der Waals surface area contributed by atoms with Gasteiger partial charge in [-0.15, -0.1) is 0 Å². The molecule has 0 aliphatic rings. The highest BCUT2D eigenvalue weighted by Gasteiger charge is 2.17. The molecular formula is C15H11BrFN3O. The molecular weight excluding hydrogens is 337 g/mol. The SMILES string of the molecule is NC(c1ccccc1)c1nc(-c2cc(F)cc(Br)c2)no1. The number of nitrogens with zero attached hydrogens (tertiary/aromatic N) is 2. The van der Waals surface area contributed by atoms with Crippen LogP contribution in [0.25, 0.3) is 11.4 Å². The van der Waals surface area contributed by atoms with Crippen LogP contribution in [0.5, 0.6) is 0 Å². The van der Waals surface area contributed by atoms with Gasteiger partial charge in [-0.1, -0.05) is 51.4 Å². The van der Waals surface area contributed by atoms with E-state index in [0.29, 0.717) is 15.9 Å². The van der Waals surface area contributed by atoms with Crippen molar-refractivity contribution in [2.45, 2.75) is 6.04 Å². The van der Waals surface area contributed by atoms with Crippen molar-refractivity contribution in [3.05, 3.63) is 70.3 Å². The van der Waals surface area contributed by atoms with Crippen LogP contribution in [-0.2, 0) is 0 Å². The number of nitrogens with two attached hydrogens (primary N) is 1. The van der Waals surface area contributed by atoms with Crippen LogP contribution >= 0.6 is 15.9 Å². The largest absolute Gasteiger partial charge is 0.337 e. The van der Waals surface area contributed by atoms with Crippen LogP contribution in [0, 0.1) is 5.82 Å². The lowest BCUT2D eigenvalue weighted by Crippen LogP contribution is -2.11. The van der Waals surface area contributed by atoms with E-state index in [1.165, 1.54) is 12.1 Å². The first-order valence-electron chi connectivity index (χ1n) is 6.24. The second kappa shape index (κ2) is 5.75. The van der Waals surface area contributed by atoms with E-state index in [0.717, 1.165) is 5.56 Å². The summed E-state index contributed by atoms with van der Waals surface area (Å²) in [5.41, 5.74) is 7.48. The van der Waals surface area contributed by atoms with Gasteiger partial charge in [-0.25, -0.2) is 4.39 Å². The smallest absolute Gasteiger partial charge is 0.248 e. The van der Waals surface area contributed by atoms with E-state index in [9.17, 15) is 4.39 Å². The molecule has 1 unspecified atom stereocenters. The van der Waals surface area contributed by atoms with E-state index >= 15 is 0 Å². The second-order valence-electron chi connectivity index (χ2n) is 4.50. The van der Waals surface area contributed by atoms with Crippen LogP contribution in [0.15, 0.2) is 57.5 Å². The predicted molar refractivity (Wildman–Crippen MR) is 79.9 cm³/mol. The zero-order chi connectivity index (χ0) is 14.8. The Morgan fingerprint density at radius 2 is 1.90 bits per heavy atom. The molecule has 0 bridgehead atoms. The number of benzene rings is 2. The molecule has 0 saturated heterocycles. The maximum Gasteiger partial charge on any atom is 0.248 e. The number of halogens is 2. The fraction of sp³-hybridized carbons (Fsp3) is 0.0667. The molecule has 4 nitrogen and oxygen atoms in total. The summed E-state index contributed by atoms with van der Waals surface area (Å²) in [6.07, 6.45) is 0. The predicted octanol–water partition coefficient (Wildman–Crippen LogP) is 3.69. The number of aromatic nitrogens is 2. The van der Waals surface area contributed by atoms with Crippen molar-refractivity contribution in [2.75, 3.05) is 0 Å². The van der Waals surface area contributed by atoms with Crippen LogP contribution in [-0.4, -0.2) is 10.1 Å². The van der Waals surface area contributed by atoms with Crippen molar-refractivity contribution < 1.29 is 8.91 Å². The molecule has 1 atom stereocenters.